The molecule has 1 aliphatic heterocycles. The van der Waals surface area contributed by atoms with Crippen molar-refractivity contribution < 1.29 is 0 Å². The average Bonchev–Trinajstić information content (AvgIpc) is 2.46. The van der Waals surface area contributed by atoms with Crippen LogP contribution in [0.3, 0.4) is 0 Å². The number of rotatable bonds is 2. The first-order valence-electron chi connectivity index (χ1n) is 5.37. The van der Waals surface area contributed by atoms with Gasteiger partial charge in [-0.25, -0.2) is 0 Å². The molecule has 0 radical (unpaired) electrons. The topological polar surface area (TPSA) is 0 Å². The highest BCUT2D eigenvalue weighted by Crippen LogP contribution is 3.06. The van der Waals surface area contributed by atoms with E-state index in [1.165, 1.54) is 10.6 Å². The normalized spacial score (nSPS) is 30.7. The van der Waals surface area contributed by atoms with Gasteiger partial charge in [-0.05, 0) is 20.8 Å². The first-order chi connectivity index (χ1) is 8.67. The van der Waals surface area contributed by atoms with Gasteiger partial charge in [0.15, 0.2) is 0 Å². The number of benzene rings is 2. The monoisotopic (exact) mass is 344 g/mol. The summed E-state index contributed by atoms with van der Waals surface area (Å²) in [6.07, 6.45) is 0. The molecule has 0 spiro atoms. The van der Waals surface area contributed by atoms with Gasteiger partial charge >= 0.3 is 0 Å². The number of hydrogen-bond acceptors (Lipinski definition) is 4. The Morgan fingerprint density at radius 3 is 1.22 bits per heavy atom. The van der Waals surface area contributed by atoms with Gasteiger partial charge in [-0.15, -0.1) is 0 Å². The summed E-state index contributed by atoms with van der Waals surface area (Å²) in [5.74, 6) is 0. The highest BCUT2D eigenvalue weighted by Gasteiger charge is 2.48. The molecule has 0 nitrogen and oxygen atoms in total. The van der Waals surface area contributed by atoms with Crippen LogP contribution in [0.25, 0.3) is 0 Å². The lowest BCUT2D eigenvalue weighted by molar-refractivity contribution is 1.77. The third-order valence-corrected chi connectivity index (χ3v) is 38.7. The summed E-state index contributed by atoms with van der Waals surface area (Å²) >= 11 is 12.0. The first kappa shape index (κ1) is 13.4. The van der Waals surface area contributed by atoms with Crippen molar-refractivity contribution >= 4 is 64.9 Å². The molecule has 18 heavy (non-hydrogen) atoms. The third-order valence-electron chi connectivity index (χ3n) is 2.75. The van der Waals surface area contributed by atoms with E-state index in [1.807, 2.05) is 33.0 Å². The van der Waals surface area contributed by atoms with Gasteiger partial charge in [0.2, 0.25) is 0 Å². The molecule has 2 unspecified atom stereocenters. The predicted octanol–water partition coefficient (Wildman–Crippen LogP) is 4.74. The van der Waals surface area contributed by atoms with E-state index in [-0.39, 0.29) is 0 Å². The zero-order chi connectivity index (χ0) is 12.6. The van der Waals surface area contributed by atoms with Crippen molar-refractivity contribution in [3.05, 3.63) is 60.7 Å². The Hall–Kier alpha value is 0.440. The molecule has 2 aromatic carbocycles. The maximum absolute atomic E-state index is 6.01. The van der Waals surface area contributed by atoms with E-state index in [4.69, 9.17) is 23.6 Å². The van der Waals surface area contributed by atoms with Crippen molar-refractivity contribution in [2.75, 3.05) is 0 Å². The maximum Gasteiger partial charge on any atom is 0.0890 e. The molecule has 2 aromatic rings. The minimum atomic E-state index is -1.65. The summed E-state index contributed by atoms with van der Waals surface area (Å²) in [6.45, 7) is 0. The lowest BCUT2D eigenvalue weighted by Gasteiger charge is -2.42. The SMILES string of the molecule is S=P1(c2ccccc2)SSP1(=S)c1ccccc1. The summed E-state index contributed by atoms with van der Waals surface area (Å²) in [5.41, 5.74) is 0. The Balaban J connectivity index is 2.11. The minimum absolute atomic E-state index is 1.29. The fourth-order valence-corrected chi connectivity index (χ4v) is 34.4. The molecule has 0 amide bonds. The van der Waals surface area contributed by atoms with E-state index in [0.29, 0.717) is 0 Å². The van der Waals surface area contributed by atoms with Gasteiger partial charge in [0.1, 0.15) is 0 Å². The summed E-state index contributed by atoms with van der Waals surface area (Å²) in [5, 5.41) is 2.58. The molecule has 0 aromatic heterocycles. The molecule has 6 heteroatoms. The Kier molecular flexibility index (Phi) is 3.79. The van der Waals surface area contributed by atoms with Crippen LogP contribution in [0.4, 0.5) is 0 Å². The highest BCUT2D eigenvalue weighted by atomic mass is 33.8. The van der Waals surface area contributed by atoms with Gasteiger partial charge in [0.25, 0.3) is 0 Å². The third kappa shape index (κ3) is 1.98. The predicted molar refractivity (Wildman–Crippen MR) is 95.9 cm³/mol. The van der Waals surface area contributed by atoms with Crippen LogP contribution in [0.5, 0.6) is 0 Å². The van der Waals surface area contributed by atoms with Crippen molar-refractivity contribution in [3.8, 4) is 0 Å². The van der Waals surface area contributed by atoms with E-state index in [1.54, 1.807) is 0 Å². The second kappa shape index (κ2) is 5.09. The zero-order valence-electron chi connectivity index (χ0n) is 9.30. The van der Waals surface area contributed by atoms with Crippen LogP contribution in [0.1, 0.15) is 0 Å². The standard InChI is InChI=1S/C12H10P2S4/c15-13(11-7-3-1-4-8-11)14(16,18-17-13)12-9-5-2-6-10-12/h1-10H. The van der Waals surface area contributed by atoms with Crippen LogP contribution in [0.2, 0.25) is 0 Å². The molecule has 3 rings (SSSR count). The lowest BCUT2D eigenvalue weighted by atomic mass is 10.4. The van der Waals surface area contributed by atoms with Crippen molar-refractivity contribution in [1.29, 1.82) is 0 Å². The maximum atomic E-state index is 6.01. The molecular weight excluding hydrogens is 334 g/mol. The summed E-state index contributed by atoms with van der Waals surface area (Å²) < 4.78 is 0. The van der Waals surface area contributed by atoms with E-state index in [0.717, 1.165) is 0 Å². The van der Waals surface area contributed by atoms with E-state index in [2.05, 4.69) is 48.5 Å². The van der Waals surface area contributed by atoms with E-state index >= 15 is 0 Å². The first-order valence-corrected chi connectivity index (χ1v) is 15.0. The van der Waals surface area contributed by atoms with Gasteiger partial charge < -0.3 is 0 Å². The van der Waals surface area contributed by atoms with Gasteiger partial charge in [0, 0.05) is 10.6 Å². The van der Waals surface area contributed by atoms with Gasteiger partial charge in [-0.3, -0.25) is 0 Å². The van der Waals surface area contributed by atoms with Crippen LogP contribution in [0, 0.1) is 0 Å². The summed E-state index contributed by atoms with van der Waals surface area (Å²) in [6, 6.07) is 20.9. The molecule has 1 heterocycles. The molecule has 2 atom stereocenters. The summed E-state index contributed by atoms with van der Waals surface area (Å²) in [7, 11) is 3.70. The highest BCUT2D eigenvalue weighted by molar-refractivity contribution is 9.48. The second-order valence-corrected chi connectivity index (χ2v) is 25.7. The van der Waals surface area contributed by atoms with E-state index in [9.17, 15) is 0 Å². The molecule has 1 fully saturated rings. The summed E-state index contributed by atoms with van der Waals surface area (Å²) in [4.78, 5) is -3.30. The largest absolute Gasteiger partial charge is 0.0890 e. The average molecular weight is 344 g/mol. The van der Waals surface area contributed by atoms with Crippen molar-refractivity contribution in [3.63, 3.8) is 0 Å². The van der Waals surface area contributed by atoms with Gasteiger partial charge in [0.05, 0.1) is 9.86 Å². The van der Waals surface area contributed by atoms with Crippen LogP contribution in [-0.2, 0) is 23.6 Å². The van der Waals surface area contributed by atoms with Crippen molar-refractivity contribution in [2.45, 2.75) is 0 Å². The smallest absolute Gasteiger partial charge is 0.0733 e. The van der Waals surface area contributed by atoms with Crippen LogP contribution < -0.4 is 10.6 Å². The van der Waals surface area contributed by atoms with Crippen molar-refractivity contribution in [2.24, 2.45) is 0 Å². The fraction of sp³-hybridized carbons (Fsp3) is 0. The Bertz CT molecular complexity index is 595. The zero-order valence-corrected chi connectivity index (χ0v) is 14.4. The molecule has 92 valence electrons. The van der Waals surface area contributed by atoms with Crippen LogP contribution in [0.15, 0.2) is 60.7 Å². The Labute approximate surface area is 125 Å². The molecule has 0 N–H and O–H groups in total. The molecule has 0 saturated carbocycles. The molecule has 1 aliphatic rings. The molecule has 0 bridgehead atoms. The Morgan fingerprint density at radius 2 is 0.944 bits per heavy atom. The van der Waals surface area contributed by atoms with E-state index < -0.39 is 9.86 Å². The van der Waals surface area contributed by atoms with Crippen molar-refractivity contribution in [1.82, 2.24) is 0 Å². The minimum Gasteiger partial charge on any atom is -0.0733 e. The van der Waals surface area contributed by atoms with Crippen LogP contribution >= 0.6 is 30.7 Å². The molecular formula is C12H10P2S4. The second-order valence-electron chi connectivity index (χ2n) is 3.86. The molecule has 0 aliphatic carbocycles. The Morgan fingerprint density at radius 1 is 0.611 bits per heavy atom. The fourth-order valence-electron chi connectivity index (χ4n) is 1.78. The lowest BCUT2D eigenvalue weighted by Crippen LogP contribution is -2.11. The quantitative estimate of drug-likeness (QED) is 0.570. The van der Waals surface area contributed by atoms with Crippen LogP contribution in [-0.4, -0.2) is 0 Å². The van der Waals surface area contributed by atoms with Gasteiger partial charge in [-0.2, -0.15) is 0 Å². The number of hydrogen-bond donors (Lipinski definition) is 0. The van der Waals surface area contributed by atoms with Gasteiger partial charge in [-0.1, -0.05) is 84.3 Å². The molecule has 1 saturated heterocycles.